The second-order valence-corrected chi connectivity index (χ2v) is 5.99. The van der Waals surface area contributed by atoms with E-state index >= 15 is 0 Å². The van der Waals surface area contributed by atoms with Crippen LogP contribution in [0.4, 0.5) is 0 Å². The first kappa shape index (κ1) is 14.5. The first-order chi connectivity index (χ1) is 10.6. The smallest absolute Gasteiger partial charge is 0.261 e. The van der Waals surface area contributed by atoms with Gasteiger partial charge in [0.05, 0.1) is 16.1 Å². The molecule has 3 rings (SSSR count). The summed E-state index contributed by atoms with van der Waals surface area (Å²) in [6, 6.07) is 7.53. The molecule has 3 heterocycles. The Kier molecular flexibility index (Phi) is 4.02. The monoisotopic (exact) mass is 313 g/mol. The van der Waals surface area contributed by atoms with Crippen molar-refractivity contribution in [1.82, 2.24) is 15.5 Å². The Hall–Kier alpha value is -2.47. The molecule has 0 aliphatic carbocycles. The summed E-state index contributed by atoms with van der Waals surface area (Å²) in [6.45, 7) is 4.23. The number of carbonyl (C=O) groups is 1. The zero-order valence-electron chi connectivity index (χ0n) is 12.3. The summed E-state index contributed by atoms with van der Waals surface area (Å²) in [5.41, 5.74) is 2.77. The van der Waals surface area contributed by atoms with Gasteiger partial charge in [0.25, 0.3) is 5.91 Å². The Bertz CT molecular complexity index is 773. The van der Waals surface area contributed by atoms with E-state index < -0.39 is 0 Å². The van der Waals surface area contributed by atoms with Gasteiger partial charge in [0.15, 0.2) is 0 Å². The molecule has 6 heteroatoms. The molecule has 0 aliphatic heterocycles. The molecular formula is C16H15N3O2S. The van der Waals surface area contributed by atoms with Gasteiger partial charge in [-0.25, -0.2) is 0 Å². The van der Waals surface area contributed by atoms with Gasteiger partial charge >= 0.3 is 0 Å². The molecule has 3 aromatic rings. The lowest BCUT2D eigenvalue weighted by Gasteiger charge is -2.02. The molecule has 22 heavy (non-hydrogen) atoms. The van der Waals surface area contributed by atoms with E-state index in [-0.39, 0.29) is 5.91 Å². The minimum atomic E-state index is -0.0909. The topological polar surface area (TPSA) is 68.0 Å². The van der Waals surface area contributed by atoms with E-state index in [0.717, 1.165) is 27.5 Å². The largest absolute Gasteiger partial charge is 0.361 e. The van der Waals surface area contributed by atoms with Crippen LogP contribution in [0, 0.1) is 13.8 Å². The zero-order chi connectivity index (χ0) is 15.5. The van der Waals surface area contributed by atoms with Crippen LogP contribution in [0.5, 0.6) is 0 Å². The van der Waals surface area contributed by atoms with Crippen LogP contribution in [-0.2, 0) is 6.54 Å². The first-order valence-corrected chi connectivity index (χ1v) is 7.67. The van der Waals surface area contributed by atoms with Crippen molar-refractivity contribution in [2.75, 3.05) is 0 Å². The number of aryl methyl sites for hydroxylation is 2. The van der Waals surface area contributed by atoms with Gasteiger partial charge in [-0.05, 0) is 37.6 Å². The highest BCUT2D eigenvalue weighted by atomic mass is 32.1. The number of rotatable bonds is 4. The van der Waals surface area contributed by atoms with E-state index in [4.69, 9.17) is 4.52 Å². The molecule has 0 fully saturated rings. The third kappa shape index (κ3) is 2.92. The number of hydrogen-bond donors (Lipinski definition) is 1. The van der Waals surface area contributed by atoms with Crippen molar-refractivity contribution in [1.29, 1.82) is 0 Å². The van der Waals surface area contributed by atoms with Gasteiger partial charge in [-0.15, -0.1) is 11.3 Å². The normalized spacial score (nSPS) is 10.6. The van der Waals surface area contributed by atoms with E-state index in [2.05, 4.69) is 15.5 Å². The zero-order valence-corrected chi connectivity index (χ0v) is 13.1. The second-order valence-electron chi connectivity index (χ2n) is 4.91. The van der Waals surface area contributed by atoms with Gasteiger partial charge in [0.1, 0.15) is 5.76 Å². The van der Waals surface area contributed by atoms with Crippen LogP contribution >= 0.6 is 11.3 Å². The second kappa shape index (κ2) is 6.11. The Morgan fingerprint density at radius 3 is 2.86 bits per heavy atom. The summed E-state index contributed by atoms with van der Waals surface area (Å²) in [5, 5.41) is 6.84. The Morgan fingerprint density at radius 2 is 2.18 bits per heavy atom. The number of carbonyl (C=O) groups excluding carboxylic acids is 1. The van der Waals surface area contributed by atoms with Crippen LogP contribution in [0.2, 0.25) is 0 Å². The van der Waals surface area contributed by atoms with Crippen molar-refractivity contribution in [3.8, 4) is 10.4 Å². The Balaban J connectivity index is 1.72. The summed E-state index contributed by atoms with van der Waals surface area (Å²) in [5.74, 6) is 0.675. The van der Waals surface area contributed by atoms with Crippen LogP contribution in [0.25, 0.3) is 10.4 Å². The Labute approximate surface area is 132 Å². The maximum Gasteiger partial charge on any atom is 0.261 e. The number of amides is 1. The van der Waals surface area contributed by atoms with Crippen LogP contribution in [0.1, 0.15) is 26.7 Å². The van der Waals surface area contributed by atoms with E-state index in [9.17, 15) is 4.79 Å². The Morgan fingerprint density at radius 1 is 1.32 bits per heavy atom. The van der Waals surface area contributed by atoms with Crippen LogP contribution < -0.4 is 5.32 Å². The predicted molar refractivity (Wildman–Crippen MR) is 84.7 cm³/mol. The van der Waals surface area contributed by atoms with Crippen molar-refractivity contribution < 1.29 is 9.32 Å². The van der Waals surface area contributed by atoms with Gasteiger partial charge in [0.2, 0.25) is 0 Å². The molecular weight excluding hydrogens is 298 g/mol. The molecule has 0 aliphatic rings. The van der Waals surface area contributed by atoms with Crippen LogP contribution in [0.3, 0.4) is 0 Å². The van der Waals surface area contributed by atoms with Crippen molar-refractivity contribution >= 4 is 17.2 Å². The standard InChI is InChI=1S/C16H15N3O2S/c1-10-15(11(2)21-19-10)13-5-6-14(22-13)16(20)18-9-12-4-3-7-17-8-12/h3-8H,9H2,1-2H3,(H,18,20). The number of aromatic nitrogens is 2. The number of hydrogen-bond acceptors (Lipinski definition) is 5. The molecule has 5 nitrogen and oxygen atoms in total. The first-order valence-electron chi connectivity index (χ1n) is 6.85. The lowest BCUT2D eigenvalue weighted by Crippen LogP contribution is -2.21. The molecule has 112 valence electrons. The number of nitrogens with zero attached hydrogens (tertiary/aromatic N) is 2. The van der Waals surface area contributed by atoms with E-state index in [1.165, 1.54) is 11.3 Å². The summed E-state index contributed by atoms with van der Waals surface area (Å²) >= 11 is 1.43. The highest BCUT2D eigenvalue weighted by molar-refractivity contribution is 7.17. The molecule has 1 amide bonds. The van der Waals surface area contributed by atoms with E-state index in [1.807, 2.05) is 38.1 Å². The highest BCUT2D eigenvalue weighted by Gasteiger charge is 2.16. The minimum Gasteiger partial charge on any atom is -0.361 e. The van der Waals surface area contributed by atoms with Crippen LogP contribution in [0.15, 0.2) is 41.2 Å². The van der Waals surface area contributed by atoms with Crippen LogP contribution in [-0.4, -0.2) is 16.0 Å². The molecule has 0 saturated heterocycles. The molecule has 3 aromatic heterocycles. The SMILES string of the molecule is Cc1noc(C)c1-c1ccc(C(=O)NCc2cccnc2)s1. The number of thiophene rings is 1. The fraction of sp³-hybridized carbons (Fsp3) is 0.188. The molecule has 0 radical (unpaired) electrons. The van der Waals surface area contributed by atoms with Crippen molar-refractivity contribution in [3.63, 3.8) is 0 Å². The molecule has 0 unspecified atom stereocenters. The quantitative estimate of drug-likeness (QED) is 0.802. The lowest BCUT2D eigenvalue weighted by atomic mass is 10.2. The molecule has 1 N–H and O–H groups in total. The van der Waals surface area contributed by atoms with Gasteiger partial charge in [0, 0.05) is 23.8 Å². The maximum absolute atomic E-state index is 12.2. The molecule has 0 aromatic carbocycles. The summed E-state index contributed by atoms with van der Waals surface area (Å²) in [6.07, 6.45) is 3.45. The number of nitrogens with one attached hydrogen (secondary N) is 1. The summed E-state index contributed by atoms with van der Waals surface area (Å²) in [7, 11) is 0. The van der Waals surface area contributed by atoms with Crippen molar-refractivity contribution in [3.05, 3.63) is 58.6 Å². The fourth-order valence-electron chi connectivity index (χ4n) is 2.20. The van der Waals surface area contributed by atoms with Crippen molar-refractivity contribution in [2.45, 2.75) is 20.4 Å². The van der Waals surface area contributed by atoms with E-state index in [1.54, 1.807) is 12.4 Å². The minimum absolute atomic E-state index is 0.0909. The average molecular weight is 313 g/mol. The van der Waals surface area contributed by atoms with Gasteiger partial charge < -0.3 is 9.84 Å². The molecule has 0 saturated carbocycles. The predicted octanol–water partition coefficient (Wildman–Crippen LogP) is 3.34. The van der Waals surface area contributed by atoms with E-state index in [0.29, 0.717) is 11.4 Å². The molecule has 0 bridgehead atoms. The summed E-state index contributed by atoms with van der Waals surface area (Å²) in [4.78, 5) is 17.9. The molecule has 0 atom stereocenters. The fourth-order valence-corrected chi connectivity index (χ4v) is 3.27. The lowest BCUT2D eigenvalue weighted by molar-refractivity contribution is 0.0955. The maximum atomic E-state index is 12.2. The molecule has 0 spiro atoms. The van der Waals surface area contributed by atoms with Crippen molar-refractivity contribution in [2.24, 2.45) is 0 Å². The summed E-state index contributed by atoms with van der Waals surface area (Å²) < 4.78 is 5.17. The third-order valence-electron chi connectivity index (χ3n) is 3.29. The average Bonchev–Trinajstić information content (AvgIpc) is 3.13. The van der Waals surface area contributed by atoms with Gasteiger partial charge in [-0.1, -0.05) is 11.2 Å². The highest BCUT2D eigenvalue weighted by Crippen LogP contribution is 2.32. The number of pyridine rings is 1. The van der Waals surface area contributed by atoms with Gasteiger partial charge in [-0.3, -0.25) is 9.78 Å². The van der Waals surface area contributed by atoms with Gasteiger partial charge in [-0.2, -0.15) is 0 Å². The third-order valence-corrected chi connectivity index (χ3v) is 4.39.